The van der Waals surface area contributed by atoms with Crippen molar-refractivity contribution in [2.24, 2.45) is 0 Å². The second-order valence-electron chi connectivity index (χ2n) is 8.07. The van der Waals surface area contributed by atoms with Gasteiger partial charge in [-0.05, 0) is 66.1 Å². The molecule has 184 valence electrons. The predicted molar refractivity (Wildman–Crippen MR) is 141 cm³/mol. The molecule has 0 saturated carbocycles. The second kappa shape index (κ2) is 12.2. The zero-order chi connectivity index (χ0) is 25.3. The number of amides is 1. The number of carbonyl (C=O) groups is 1. The van der Waals surface area contributed by atoms with Crippen molar-refractivity contribution >= 4 is 23.7 Å². The minimum atomic E-state index is -0.307. The molecule has 0 fully saturated rings. The third-order valence-electron chi connectivity index (χ3n) is 5.59. The van der Waals surface area contributed by atoms with Crippen LogP contribution in [-0.4, -0.2) is 34.3 Å². The van der Waals surface area contributed by atoms with E-state index in [2.05, 4.69) is 34.6 Å². The van der Waals surface area contributed by atoms with E-state index < -0.39 is 0 Å². The predicted octanol–water partition coefficient (Wildman–Crippen LogP) is 5.39. The molecule has 0 aliphatic carbocycles. The van der Waals surface area contributed by atoms with E-state index in [1.165, 1.54) is 29.3 Å². The molecule has 36 heavy (non-hydrogen) atoms. The van der Waals surface area contributed by atoms with Crippen LogP contribution in [0.1, 0.15) is 22.5 Å². The van der Waals surface area contributed by atoms with Crippen LogP contribution in [0.5, 0.6) is 5.75 Å². The molecule has 0 saturated heterocycles. The number of hydrogen-bond donors (Lipinski definition) is 1. The number of methoxy groups -OCH3 is 1. The maximum absolute atomic E-state index is 13.6. The van der Waals surface area contributed by atoms with Gasteiger partial charge < -0.3 is 10.1 Å². The number of rotatable bonds is 10. The lowest BCUT2D eigenvalue weighted by Crippen LogP contribution is -2.24. The first kappa shape index (κ1) is 25.2. The molecular formula is C28H27FN4O2S. The fraction of sp³-hybridized carbons (Fsp3) is 0.179. The number of benzene rings is 3. The van der Waals surface area contributed by atoms with Crippen molar-refractivity contribution in [3.05, 3.63) is 107 Å². The quantitative estimate of drug-likeness (QED) is 0.233. The van der Waals surface area contributed by atoms with Crippen LogP contribution in [-0.2, 0) is 17.0 Å². The van der Waals surface area contributed by atoms with E-state index in [0.29, 0.717) is 23.9 Å². The van der Waals surface area contributed by atoms with Gasteiger partial charge >= 0.3 is 0 Å². The maximum atomic E-state index is 13.6. The summed E-state index contributed by atoms with van der Waals surface area (Å²) in [4.78, 5) is 12.3. The van der Waals surface area contributed by atoms with Crippen LogP contribution >= 0.6 is 11.8 Å². The van der Waals surface area contributed by atoms with E-state index in [1.807, 2.05) is 41.0 Å². The molecule has 4 aromatic rings. The Bertz CT molecular complexity index is 1330. The fourth-order valence-electron chi connectivity index (χ4n) is 3.56. The summed E-state index contributed by atoms with van der Waals surface area (Å²) < 4.78 is 20.6. The third-order valence-corrected chi connectivity index (χ3v) is 6.57. The zero-order valence-electron chi connectivity index (χ0n) is 20.1. The van der Waals surface area contributed by atoms with Gasteiger partial charge in [0.15, 0.2) is 5.16 Å². The molecule has 1 amide bonds. The Morgan fingerprint density at radius 1 is 1.06 bits per heavy atom. The second-order valence-corrected chi connectivity index (χ2v) is 9.02. The largest absolute Gasteiger partial charge is 0.497 e. The number of nitrogens with one attached hydrogen (secondary N) is 1. The Morgan fingerprint density at radius 3 is 2.53 bits per heavy atom. The molecule has 0 atom stereocenters. The standard InChI is InChI=1S/C28H27FN4O2S/c1-20-5-3-4-6-22(20)19-36-28-32-31-26(33(28)24-12-10-23(29)11-13-24)17-18-30-27(34)16-9-21-7-14-25(35-2)15-8-21/h3-16H,17-19H2,1-2H3,(H,30,34)/b16-9+. The van der Waals surface area contributed by atoms with E-state index in [0.717, 1.165) is 22.8 Å². The first-order chi connectivity index (χ1) is 17.5. The molecule has 0 aliphatic rings. The minimum Gasteiger partial charge on any atom is -0.497 e. The smallest absolute Gasteiger partial charge is 0.244 e. The molecule has 4 rings (SSSR count). The van der Waals surface area contributed by atoms with E-state index >= 15 is 0 Å². The molecule has 1 N–H and O–H groups in total. The number of halogens is 1. The molecule has 0 aliphatic heterocycles. The Hall–Kier alpha value is -3.91. The van der Waals surface area contributed by atoms with Crippen LogP contribution in [0, 0.1) is 12.7 Å². The van der Waals surface area contributed by atoms with Gasteiger partial charge in [-0.25, -0.2) is 4.39 Å². The number of hydrogen-bond acceptors (Lipinski definition) is 5. The van der Waals surface area contributed by atoms with E-state index in [1.54, 1.807) is 37.1 Å². The Balaban J connectivity index is 1.43. The van der Waals surface area contributed by atoms with Crippen molar-refractivity contribution in [1.29, 1.82) is 0 Å². The summed E-state index contributed by atoms with van der Waals surface area (Å²) in [6.45, 7) is 2.46. The fourth-order valence-corrected chi connectivity index (χ4v) is 4.61. The lowest BCUT2D eigenvalue weighted by atomic mass is 10.1. The van der Waals surface area contributed by atoms with Gasteiger partial charge in [0.1, 0.15) is 17.4 Å². The molecular weight excluding hydrogens is 475 g/mol. The summed E-state index contributed by atoms with van der Waals surface area (Å²) in [5.41, 5.74) is 4.10. The number of carbonyl (C=O) groups excluding carboxylic acids is 1. The van der Waals surface area contributed by atoms with E-state index in [-0.39, 0.29) is 11.7 Å². The highest BCUT2D eigenvalue weighted by Gasteiger charge is 2.15. The highest BCUT2D eigenvalue weighted by Crippen LogP contribution is 2.26. The summed E-state index contributed by atoms with van der Waals surface area (Å²) in [5, 5.41) is 12.4. The van der Waals surface area contributed by atoms with Crippen molar-refractivity contribution < 1.29 is 13.9 Å². The normalized spacial score (nSPS) is 11.1. The molecule has 0 radical (unpaired) electrons. The van der Waals surface area contributed by atoms with Gasteiger partial charge in [-0.3, -0.25) is 9.36 Å². The SMILES string of the molecule is COc1ccc(/C=C/C(=O)NCCc2nnc(SCc3ccccc3C)n2-c2ccc(F)cc2)cc1. The van der Waals surface area contributed by atoms with Crippen molar-refractivity contribution in [3.8, 4) is 11.4 Å². The van der Waals surface area contributed by atoms with Crippen LogP contribution in [0.15, 0.2) is 84.0 Å². The topological polar surface area (TPSA) is 69.0 Å². The molecule has 1 aromatic heterocycles. The lowest BCUT2D eigenvalue weighted by molar-refractivity contribution is -0.116. The van der Waals surface area contributed by atoms with Gasteiger partial charge in [-0.1, -0.05) is 48.2 Å². The first-order valence-electron chi connectivity index (χ1n) is 11.5. The first-order valence-corrected chi connectivity index (χ1v) is 12.5. The number of thioether (sulfide) groups is 1. The highest BCUT2D eigenvalue weighted by molar-refractivity contribution is 7.98. The van der Waals surface area contributed by atoms with Gasteiger partial charge in [-0.15, -0.1) is 10.2 Å². The molecule has 0 bridgehead atoms. The summed E-state index contributed by atoms with van der Waals surface area (Å²) in [6, 6.07) is 21.9. The van der Waals surface area contributed by atoms with Gasteiger partial charge in [0.05, 0.1) is 7.11 Å². The Morgan fingerprint density at radius 2 is 1.81 bits per heavy atom. The van der Waals surface area contributed by atoms with Gasteiger partial charge in [-0.2, -0.15) is 0 Å². The average Bonchev–Trinajstić information content (AvgIpc) is 3.30. The molecule has 0 unspecified atom stereocenters. The summed E-state index contributed by atoms with van der Waals surface area (Å²) >= 11 is 1.57. The Labute approximate surface area is 214 Å². The summed E-state index contributed by atoms with van der Waals surface area (Å²) in [5.74, 6) is 1.68. The molecule has 3 aromatic carbocycles. The number of aromatic nitrogens is 3. The van der Waals surface area contributed by atoms with Crippen LogP contribution in [0.4, 0.5) is 4.39 Å². The highest BCUT2D eigenvalue weighted by atomic mass is 32.2. The maximum Gasteiger partial charge on any atom is 0.244 e. The van der Waals surface area contributed by atoms with Gasteiger partial charge in [0.2, 0.25) is 5.91 Å². The number of ether oxygens (including phenoxy) is 1. The molecule has 1 heterocycles. The van der Waals surface area contributed by atoms with Gasteiger partial charge in [0.25, 0.3) is 0 Å². The van der Waals surface area contributed by atoms with Crippen LogP contribution in [0.25, 0.3) is 11.8 Å². The van der Waals surface area contributed by atoms with Crippen LogP contribution in [0.2, 0.25) is 0 Å². The molecule has 0 spiro atoms. The van der Waals surface area contributed by atoms with Crippen molar-refractivity contribution in [2.45, 2.75) is 24.3 Å². The summed E-state index contributed by atoms with van der Waals surface area (Å²) in [6.07, 6.45) is 3.71. The molecule has 8 heteroatoms. The number of aryl methyl sites for hydroxylation is 1. The van der Waals surface area contributed by atoms with Crippen molar-refractivity contribution in [2.75, 3.05) is 13.7 Å². The average molecular weight is 503 g/mol. The van der Waals surface area contributed by atoms with Gasteiger partial charge in [0, 0.05) is 30.5 Å². The van der Waals surface area contributed by atoms with E-state index in [9.17, 15) is 9.18 Å². The van der Waals surface area contributed by atoms with Crippen LogP contribution in [0.3, 0.4) is 0 Å². The zero-order valence-corrected chi connectivity index (χ0v) is 21.0. The van der Waals surface area contributed by atoms with Crippen molar-refractivity contribution in [3.63, 3.8) is 0 Å². The molecule has 6 nitrogen and oxygen atoms in total. The van der Waals surface area contributed by atoms with Crippen molar-refractivity contribution in [1.82, 2.24) is 20.1 Å². The lowest BCUT2D eigenvalue weighted by Gasteiger charge is -2.11. The van der Waals surface area contributed by atoms with Crippen LogP contribution < -0.4 is 10.1 Å². The number of nitrogens with zero attached hydrogens (tertiary/aromatic N) is 3. The third kappa shape index (κ3) is 6.60. The van der Waals surface area contributed by atoms with E-state index in [4.69, 9.17) is 4.74 Å². The minimum absolute atomic E-state index is 0.201. The monoisotopic (exact) mass is 502 g/mol. The Kier molecular flexibility index (Phi) is 8.52. The summed E-state index contributed by atoms with van der Waals surface area (Å²) in [7, 11) is 1.61.